The second-order valence-electron chi connectivity index (χ2n) is 3.93. The maximum absolute atomic E-state index is 12.9. The fourth-order valence-electron chi connectivity index (χ4n) is 1.74. The maximum Gasteiger partial charge on any atom is 0.313 e. The molecule has 3 nitrogen and oxygen atoms in total. The van der Waals surface area contributed by atoms with E-state index in [9.17, 15) is 9.18 Å². The maximum atomic E-state index is 12.9. The fourth-order valence-corrected chi connectivity index (χ4v) is 2.04. The molecule has 0 amide bonds. The molecule has 0 aromatic heterocycles. The van der Waals surface area contributed by atoms with Gasteiger partial charge in [-0.05, 0) is 24.1 Å². The third kappa shape index (κ3) is 2.96. The van der Waals surface area contributed by atoms with Crippen molar-refractivity contribution in [1.29, 1.82) is 0 Å². The van der Waals surface area contributed by atoms with Gasteiger partial charge in [-0.3, -0.25) is 4.79 Å². The van der Waals surface area contributed by atoms with Crippen LogP contribution in [0.1, 0.15) is 17.9 Å². The molecule has 1 aliphatic rings. The van der Waals surface area contributed by atoms with Crippen LogP contribution in [0.3, 0.4) is 0 Å². The first-order chi connectivity index (χ1) is 8.11. The van der Waals surface area contributed by atoms with E-state index in [4.69, 9.17) is 21.1 Å². The molecule has 1 aromatic rings. The molecule has 0 N–H and O–H groups in total. The molecular formula is C12H12ClFO3. The van der Waals surface area contributed by atoms with Crippen molar-refractivity contribution < 1.29 is 18.7 Å². The van der Waals surface area contributed by atoms with E-state index in [0.717, 1.165) is 0 Å². The minimum absolute atomic E-state index is 0.0696. The fraction of sp³-hybridized carbons (Fsp3) is 0.417. The largest absolute Gasteiger partial charge is 0.469 e. The lowest BCUT2D eigenvalue weighted by Crippen LogP contribution is -2.17. The van der Waals surface area contributed by atoms with Crippen LogP contribution in [0.5, 0.6) is 0 Å². The first kappa shape index (κ1) is 12.3. The van der Waals surface area contributed by atoms with Gasteiger partial charge >= 0.3 is 5.97 Å². The minimum atomic E-state index is -0.499. The van der Waals surface area contributed by atoms with Crippen molar-refractivity contribution >= 4 is 17.6 Å². The molecule has 1 heterocycles. The highest BCUT2D eigenvalue weighted by Crippen LogP contribution is 2.33. The average Bonchev–Trinajstić information content (AvgIpc) is 3.10. The lowest BCUT2D eigenvalue weighted by atomic mass is 9.94. The minimum Gasteiger partial charge on any atom is -0.469 e. The summed E-state index contributed by atoms with van der Waals surface area (Å²) in [4.78, 5) is 11.7. The summed E-state index contributed by atoms with van der Waals surface area (Å²) in [6.45, 7) is 0.645. The standard InChI is InChI=1S/C12H12ClFO3/c1-16-12(15)10(5-8-6-17-8)9-3-2-7(14)4-11(9)13/h2-4,8,10H,5-6H2,1H3. The molecule has 0 aliphatic carbocycles. The molecule has 0 spiro atoms. The molecule has 2 unspecified atom stereocenters. The number of esters is 1. The highest BCUT2D eigenvalue weighted by molar-refractivity contribution is 6.31. The van der Waals surface area contributed by atoms with Crippen LogP contribution in [-0.2, 0) is 14.3 Å². The Labute approximate surface area is 103 Å². The number of benzene rings is 1. The number of halogens is 2. The lowest BCUT2D eigenvalue weighted by Gasteiger charge is -2.15. The van der Waals surface area contributed by atoms with Gasteiger partial charge in [-0.15, -0.1) is 0 Å². The molecular weight excluding hydrogens is 247 g/mol. The Morgan fingerprint density at radius 2 is 2.41 bits per heavy atom. The summed E-state index contributed by atoms with van der Waals surface area (Å²) in [5, 5.41) is 0.237. The van der Waals surface area contributed by atoms with Crippen molar-refractivity contribution in [3.63, 3.8) is 0 Å². The number of carbonyl (C=O) groups excluding carboxylic acids is 1. The van der Waals surface area contributed by atoms with Gasteiger partial charge in [0.1, 0.15) is 5.82 Å². The number of hydrogen-bond acceptors (Lipinski definition) is 3. The van der Waals surface area contributed by atoms with Crippen molar-refractivity contribution in [2.24, 2.45) is 0 Å². The molecule has 2 rings (SSSR count). The second-order valence-corrected chi connectivity index (χ2v) is 4.34. The van der Waals surface area contributed by atoms with Crippen LogP contribution in [0, 0.1) is 5.82 Å². The third-order valence-electron chi connectivity index (χ3n) is 2.72. The Bertz CT molecular complexity index is 432. The normalized spacial score (nSPS) is 19.8. The van der Waals surface area contributed by atoms with Crippen LogP contribution in [0.4, 0.5) is 4.39 Å². The lowest BCUT2D eigenvalue weighted by molar-refractivity contribution is -0.142. The number of epoxide rings is 1. The molecule has 1 aromatic carbocycles. The van der Waals surface area contributed by atoms with Crippen LogP contribution in [0.15, 0.2) is 18.2 Å². The number of rotatable bonds is 4. The first-order valence-corrected chi connectivity index (χ1v) is 5.64. The second kappa shape index (κ2) is 5.02. The predicted octanol–water partition coefficient (Wildman–Crippen LogP) is 2.52. The Morgan fingerprint density at radius 1 is 1.71 bits per heavy atom. The summed E-state index contributed by atoms with van der Waals surface area (Å²) in [6.07, 6.45) is 0.582. The smallest absolute Gasteiger partial charge is 0.313 e. The first-order valence-electron chi connectivity index (χ1n) is 5.26. The van der Waals surface area contributed by atoms with Crippen molar-refractivity contribution in [2.75, 3.05) is 13.7 Å². The van der Waals surface area contributed by atoms with Crippen LogP contribution >= 0.6 is 11.6 Å². The predicted molar refractivity (Wildman–Crippen MR) is 60.5 cm³/mol. The molecule has 2 atom stereocenters. The van der Waals surface area contributed by atoms with E-state index in [-0.39, 0.29) is 17.1 Å². The van der Waals surface area contributed by atoms with E-state index in [0.29, 0.717) is 18.6 Å². The highest BCUT2D eigenvalue weighted by Gasteiger charge is 2.33. The Kier molecular flexibility index (Phi) is 3.64. The van der Waals surface area contributed by atoms with E-state index in [1.54, 1.807) is 0 Å². The molecule has 1 saturated heterocycles. The van der Waals surface area contributed by atoms with Gasteiger partial charge in [-0.1, -0.05) is 17.7 Å². The monoisotopic (exact) mass is 258 g/mol. The van der Waals surface area contributed by atoms with Gasteiger partial charge in [-0.25, -0.2) is 4.39 Å². The van der Waals surface area contributed by atoms with Gasteiger partial charge in [-0.2, -0.15) is 0 Å². The SMILES string of the molecule is COC(=O)C(CC1CO1)c1ccc(F)cc1Cl. The Hall–Kier alpha value is -1.13. The van der Waals surface area contributed by atoms with E-state index in [1.807, 2.05) is 0 Å². The van der Waals surface area contributed by atoms with Crippen molar-refractivity contribution in [1.82, 2.24) is 0 Å². The van der Waals surface area contributed by atoms with Crippen molar-refractivity contribution in [3.05, 3.63) is 34.6 Å². The number of carbonyl (C=O) groups is 1. The summed E-state index contributed by atoms with van der Waals surface area (Å²) >= 11 is 5.94. The summed E-state index contributed by atoms with van der Waals surface area (Å²) in [5.41, 5.74) is 0.579. The van der Waals surface area contributed by atoms with Gasteiger partial charge in [0.15, 0.2) is 0 Å². The van der Waals surface area contributed by atoms with Crippen LogP contribution < -0.4 is 0 Å². The zero-order valence-electron chi connectivity index (χ0n) is 9.28. The molecule has 92 valence electrons. The van der Waals surface area contributed by atoms with Crippen LogP contribution in [0.2, 0.25) is 5.02 Å². The van der Waals surface area contributed by atoms with E-state index in [2.05, 4.69) is 0 Å². The number of methoxy groups -OCH3 is 1. The van der Waals surface area contributed by atoms with Gasteiger partial charge in [0.05, 0.1) is 25.7 Å². The van der Waals surface area contributed by atoms with Gasteiger partial charge in [0.25, 0.3) is 0 Å². The van der Waals surface area contributed by atoms with E-state index < -0.39 is 11.7 Å². The number of ether oxygens (including phenoxy) is 2. The third-order valence-corrected chi connectivity index (χ3v) is 3.05. The topological polar surface area (TPSA) is 38.8 Å². The van der Waals surface area contributed by atoms with E-state index >= 15 is 0 Å². The molecule has 1 fully saturated rings. The van der Waals surface area contributed by atoms with E-state index in [1.165, 1.54) is 25.3 Å². The molecule has 0 radical (unpaired) electrons. The molecule has 17 heavy (non-hydrogen) atoms. The molecule has 1 aliphatic heterocycles. The Morgan fingerprint density at radius 3 is 2.94 bits per heavy atom. The summed E-state index contributed by atoms with van der Waals surface area (Å²) < 4.78 is 22.8. The number of hydrogen-bond donors (Lipinski definition) is 0. The average molecular weight is 259 g/mol. The summed E-state index contributed by atoms with van der Waals surface area (Å²) in [6, 6.07) is 3.99. The molecule has 5 heteroatoms. The molecule has 0 saturated carbocycles. The van der Waals surface area contributed by atoms with Crippen molar-refractivity contribution in [2.45, 2.75) is 18.4 Å². The Balaban J connectivity index is 2.26. The van der Waals surface area contributed by atoms with Crippen molar-refractivity contribution in [3.8, 4) is 0 Å². The molecule has 0 bridgehead atoms. The van der Waals surface area contributed by atoms with Gasteiger partial charge in [0.2, 0.25) is 0 Å². The zero-order chi connectivity index (χ0) is 12.4. The summed E-state index contributed by atoms with van der Waals surface area (Å²) in [7, 11) is 1.32. The summed E-state index contributed by atoms with van der Waals surface area (Å²) in [5.74, 6) is -1.31. The quantitative estimate of drug-likeness (QED) is 0.615. The van der Waals surface area contributed by atoms with Gasteiger partial charge in [0, 0.05) is 5.02 Å². The van der Waals surface area contributed by atoms with Gasteiger partial charge < -0.3 is 9.47 Å². The zero-order valence-corrected chi connectivity index (χ0v) is 10.0. The van der Waals surface area contributed by atoms with Crippen LogP contribution in [-0.4, -0.2) is 25.8 Å². The highest BCUT2D eigenvalue weighted by atomic mass is 35.5. The van der Waals surface area contributed by atoms with Crippen LogP contribution in [0.25, 0.3) is 0 Å².